The van der Waals surface area contributed by atoms with Crippen LogP contribution >= 0.6 is 0 Å². The van der Waals surface area contributed by atoms with Gasteiger partial charge in [-0.1, -0.05) is 12.7 Å². The minimum absolute atomic E-state index is 0.185. The maximum atomic E-state index is 11.4. The number of likely N-dealkylation sites (N-methyl/N-ethyl adjacent to an activating group) is 1. The first-order valence-corrected chi connectivity index (χ1v) is 5.36. The standard InChI is InChI=1S/C11H19NO4/c1-3-6-16-10(13)12(2)9-11(14)4-7-15-8-5-11/h3,14H,1,4-9H2,2H3. The molecular weight excluding hydrogens is 210 g/mol. The Kier molecular flexibility index (Phi) is 4.76. The Morgan fingerprint density at radius 1 is 1.62 bits per heavy atom. The minimum atomic E-state index is -0.847. The predicted octanol–water partition coefficient (Wildman–Crippen LogP) is 0.782. The van der Waals surface area contributed by atoms with E-state index in [9.17, 15) is 9.90 Å². The molecule has 0 aromatic heterocycles. The van der Waals surface area contributed by atoms with E-state index >= 15 is 0 Å². The van der Waals surface area contributed by atoms with Crippen molar-refractivity contribution in [2.75, 3.05) is 33.4 Å². The third-order valence-corrected chi connectivity index (χ3v) is 2.59. The summed E-state index contributed by atoms with van der Waals surface area (Å²) in [4.78, 5) is 12.8. The van der Waals surface area contributed by atoms with E-state index in [4.69, 9.17) is 9.47 Å². The Morgan fingerprint density at radius 2 is 2.25 bits per heavy atom. The van der Waals surface area contributed by atoms with Gasteiger partial charge in [0.2, 0.25) is 0 Å². The zero-order valence-electron chi connectivity index (χ0n) is 9.65. The Labute approximate surface area is 95.6 Å². The predicted molar refractivity (Wildman–Crippen MR) is 59.2 cm³/mol. The summed E-state index contributed by atoms with van der Waals surface area (Å²) in [7, 11) is 1.61. The lowest BCUT2D eigenvalue weighted by Gasteiger charge is -2.34. The van der Waals surface area contributed by atoms with Crippen LogP contribution in [0.1, 0.15) is 12.8 Å². The topological polar surface area (TPSA) is 59.0 Å². The molecule has 0 bridgehead atoms. The highest BCUT2D eigenvalue weighted by molar-refractivity contribution is 5.67. The first kappa shape index (κ1) is 13.0. The van der Waals surface area contributed by atoms with Gasteiger partial charge < -0.3 is 19.5 Å². The van der Waals surface area contributed by atoms with Gasteiger partial charge in [0.15, 0.2) is 0 Å². The van der Waals surface area contributed by atoms with Crippen LogP contribution in [0.15, 0.2) is 12.7 Å². The van der Waals surface area contributed by atoms with E-state index in [0.717, 1.165) is 0 Å². The lowest BCUT2D eigenvalue weighted by Crippen LogP contribution is -2.47. The molecule has 92 valence electrons. The van der Waals surface area contributed by atoms with E-state index in [1.54, 1.807) is 7.05 Å². The van der Waals surface area contributed by atoms with Gasteiger partial charge in [0.05, 0.1) is 12.1 Å². The molecule has 0 radical (unpaired) electrons. The van der Waals surface area contributed by atoms with Crippen LogP contribution in [0.5, 0.6) is 0 Å². The number of nitrogens with zero attached hydrogens (tertiary/aromatic N) is 1. The summed E-state index contributed by atoms with van der Waals surface area (Å²) in [6.45, 7) is 4.98. The lowest BCUT2D eigenvalue weighted by atomic mass is 9.94. The van der Waals surface area contributed by atoms with Gasteiger partial charge in [0.25, 0.3) is 0 Å². The highest BCUT2D eigenvalue weighted by Gasteiger charge is 2.32. The first-order chi connectivity index (χ1) is 7.57. The van der Waals surface area contributed by atoms with Crippen LogP contribution in [0.3, 0.4) is 0 Å². The molecule has 1 amide bonds. The summed E-state index contributed by atoms with van der Waals surface area (Å²) < 4.78 is 10.0. The van der Waals surface area contributed by atoms with Gasteiger partial charge in [-0.25, -0.2) is 4.79 Å². The van der Waals surface area contributed by atoms with Gasteiger partial charge >= 0.3 is 6.09 Å². The smallest absolute Gasteiger partial charge is 0.409 e. The van der Waals surface area contributed by atoms with Crippen molar-refractivity contribution in [3.05, 3.63) is 12.7 Å². The van der Waals surface area contributed by atoms with Crippen molar-refractivity contribution < 1.29 is 19.4 Å². The van der Waals surface area contributed by atoms with Gasteiger partial charge in [-0.15, -0.1) is 0 Å². The average Bonchev–Trinajstić information content (AvgIpc) is 2.26. The van der Waals surface area contributed by atoms with Gasteiger partial charge in [0, 0.05) is 33.1 Å². The summed E-state index contributed by atoms with van der Waals surface area (Å²) >= 11 is 0. The van der Waals surface area contributed by atoms with Crippen molar-refractivity contribution in [2.45, 2.75) is 18.4 Å². The molecule has 1 fully saturated rings. The number of ether oxygens (including phenoxy) is 2. The SMILES string of the molecule is C=CCOC(=O)N(C)CC1(O)CCOCC1. The Bertz CT molecular complexity index is 248. The zero-order chi connectivity index (χ0) is 12.0. The summed E-state index contributed by atoms with van der Waals surface area (Å²) in [5, 5.41) is 10.2. The number of rotatable bonds is 4. The summed E-state index contributed by atoms with van der Waals surface area (Å²) in [5.41, 5.74) is -0.847. The Morgan fingerprint density at radius 3 is 2.81 bits per heavy atom. The van der Waals surface area contributed by atoms with Crippen molar-refractivity contribution in [3.63, 3.8) is 0 Å². The molecule has 16 heavy (non-hydrogen) atoms. The minimum Gasteiger partial charge on any atom is -0.445 e. The number of carbonyl (C=O) groups is 1. The third kappa shape index (κ3) is 3.83. The fourth-order valence-corrected chi connectivity index (χ4v) is 1.66. The molecule has 5 heteroatoms. The summed E-state index contributed by atoms with van der Waals surface area (Å²) in [5.74, 6) is 0. The van der Waals surface area contributed by atoms with Crippen molar-refractivity contribution >= 4 is 6.09 Å². The van der Waals surface area contributed by atoms with E-state index < -0.39 is 11.7 Å². The van der Waals surface area contributed by atoms with Crippen LogP contribution in [0, 0.1) is 0 Å². The maximum Gasteiger partial charge on any atom is 0.409 e. The van der Waals surface area contributed by atoms with E-state index in [2.05, 4.69) is 6.58 Å². The van der Waals surface area contributed by atoms with Gasteiger partial charge in [-0.2, -0.15) is 0 Å². The van der Waals surface area contributed by atoms with E-state index in [1.165, 1.54) is 11.0 Å². The van der Waals surface area contributed by atoms with Crippen LogP contribution < -0.4 is 0 Å². The molecule has 1 saturated heterocycles. The normalized spacial score (nSPS) is 18.9. The quantitative estimate of drug-likeness (QED) is 0.724. The molecule has 1 heterocycles. The number of hydrogen-bond donors (Lipinski definition) is 1. The molecule has 0 unspecified atom stereocenters. The van der Waals surface area contributed by atoms with Crippen molar-refractivity contribution in [1.29, 1.82) is 0 Å². The van der Waals surface area contributed by atoms with Gasteiger partial charge in [-0.3, -0.25) is 0 Å². The first-order valence-electron chi connectivity index (χ1n) is 5.36. The number of carbonyl (C=O) groups excluding carboxylic acids is 1. The molecule has 5 nitrogen and oxygen atoms in total. The van der Waals surface area contributed by atoms with Crippen LogP contribution in [0.2, 0.25) is 0 Å². The monoisotopic (exact) mass is 229 g/mol. The van der Waals surface area contributed by atoms with Crippen LogP contribution in [0.4, 0.5) is 4.79 Å². The fraction of sp³-hybridized carbons (Fsp3) is 0.727. The molecule has 0 aromatic rings. The van der Waals surface area contributed by atoms with Crippen molar-refractivity contribution in [3.8, 4) is 0 Å². The number of aliphatic hydroxyl groups is 1. The fourth-order valence-electron chi connectivity index (χ4n) is 1.66. The molecule has 0 aromatic carbocycles. The van der Waals surface area contributed by atoms with Gasteiger partial charge in [0.1, 0.15) is 6.61 Å². The Balaban J connectivity index is 2.39. The zero-order valence-corrected chi connectivity index (χ0v) is 9.65. The second kappa shape index (κ2) is 5.86. The summed E-state index contributed by atoms with van der Waals surface area (Å²) in [6, 6.07) is 0. The molecule has 0 atom stereocenters. The molecule has 1 aliphatic rings. The molecule has 1 rings (SSSR count). The molecule has 0 spiro atoms. The third-order valence-electron chi connectivity index (χ3n) is 2.59. The van der Waals surface area contributed by atoms with Crippen LogP contribution in [-0.4, -0.2) is 55.1 Å². The van der Waals surface area contributed by atoms with Crippen molar-refractivity contribution in [1.82, 2.24) is 4.90 Å². The van der Waals surface area contributed by atoms with Crippen LogP contribution in [-0.2, 0) is 9.47 Å². The molecular formula is C11H19NO4. The van der Waals surface area contributed by atoms with E-state index in [1.807, 2.05) is 0 Å². The van der Waals surface area contributed by atoms with E-state index in [0.29, 0.717) is 26.1 Å². The summed E-state index contributed by atoms with van der Waals surface area (Å²) in [6.07, 6.45) is 2.16. The molecule has 1 N–H and O–H groups in total. The molecule has 0 aliphatic carbocycles. The molecule has 1 aliphatic heterocycles. The van der Waals surface area contributed by atoms with E-state index in [-0.39, 0.29) is 13.2 Å². The van der Waals surface area contributed by atoms with Crippen molar-refractivity contribution in [2.24, 2.45) is 0 Å². The van der Waals surface area contributed by atoms with Gasteiger partial charge in [-0.05, 0) is 0 Å². The highest BCUT2D eigenvalue weighted by Crippen LogP contribution is 2.21. The second-order valence-electron chi connectivity index (χ2n) is 4.06. The highest BCUT2D eigenvalue weighted by atomic mass is 16.6. The van der Waals surface area contributed by atoms with Crippen LogP contribution in [0.25, 0.3) is 0 Å². The number of hydrogen-bond acceptors (Lipinski definition) is 4. The molecule has 0 saturated carbocycles. The number of amides is 1. The Hall–Kier alpha value is -1.07. The largest absolute Gasteiger partial charge is 0.445 e. The average molecular weight is 229 g/mol. The second-order valence-corrected chi connectivity index (χ2v) is 4.06. The maximum absolute atomic E-state index is 11.4. The lowest BCUT2D eigenvalue weighted by molar-refractivity contribution is -0.0749.